The number of carbonyl (C=O) groups is 1. The topological polar surface area (TPSA) is 75.7 Å². The minimum absolute atomic E-state index is 0.154. The van der Waals surface area contributed by atoms with Crippen LogP contribution in [0.1, 0.15) is 17.5 Å². The van der Waals surface area contributed by atoms with Gasteiger partial charge in [-0.05, 0) is 73.4 Å². The zero-order valence-electron chi connectivity index (χ0n) is 17.5. The highest BCUT2D eigenvalue weighted by Gasteiger charge is 2.28. The molecule has 0 unspecified atom stereocenters. The number of nitrogens with zero attached hydrogens (tertiary/aromatic N) is 1. The summed E-state index contributed by atoms with van der Waals surface area (Å²) in [7, 11) is -3.71. The van der Waals surface area contributed by atoms with Crippen molar-refractivity contribution in [1.82, 2.24) is 0 Å². The van der Waals surface area contributed by atoms with Crippen LogP contribution in [0.2, 0.25) is 0 Å². The molecule has 1 aliphatic heterocycles. The quantitative estimate of drug-likeness (QED) is 0.603. The molecule has 3 aromatic rings. The van der Waals surface area contributed by atoms with Gasteiger partial charge < -0.3 is 10.1 Å². The molecule has 0 saturated carbocycles. The lowest BCUT2D eigenvalue weighted by atomic mass is 10.0. The molecule has 0 radical (unpaired) electrons. The zero-order chi connectivity index (χ0) is 22.7. The molecule has 1 aliphatic rings. The predicted molar refractivity (Wildman–Crippen MR) is 121 cm³/mol. The molecule has 1 heterocycles. The summed E-state index contributed by atoms with van der Waals surface area (Å²) in [6, 6.07) is 17.6. The van der Waals surface area contributed by atoms with E-state index >= 15 is 0 Å². The number of para-hydroxylation sites is 1. The minimum Gasteiger partial charge on any atom is -0.484 e. The Labute approximate surface area is 186 Å². The Bertz CT molecular complexity index is 1240. The van der Waals surface area contributed by atoms with Crippen molar-refractivity contribution in [3.8, 4) is 5.75 Å². The fraction of sp³-hybridized carbons (Fsp3) is 0.208. The second-order valence-electron chi connectivity index (χ2n) is 7.58. The average molecular weight is 455 g/mol. The van der Waals surface area contributed by atoms with E-state index in [4.69, 9.17) is 4.74 Å². The summed E-state index contributed by atoms with van der Waals surface area (Å²) in [6.45, 7) is 1.90. The van der Waals surface area contributed by atoms with Crippen molar-refractivity contribution in [3.05, 3.63) is 83.7 Å². The number of carbonyl (C=O) groups excluding carboxylic acids is 1. The molecule has 0 aromatic heterocycles. The van der Waals surface area contributed by atoms with Crippen molar-refractivity contribution < 1.29 is 22.3 Å². The maximum atomic E-state index is 13.4. The molecule has 3 aromatic carbocycles. The van der Waals surface area contributed by atoms with Gasteiger partial charge in [-0.2, -0.15) is 0 Å². The van der Waals surface area contributed by atoms with Crippen LogP contribution in [0.4, 0.5) is 15.8 Å². The minimum atomic E-state index is -3.71. The second kappa shape index (κ2) is 9.00. The largest absolute Gasteiger partial charge is 0.484 e. The Morgan fingerprint density at radius 2 is 1.84 bits per heavy atom. The van der Waals surface area contributed by atoms with E-state index < -0.39 is 21.7 Å². The first-order valence-electron chi connectivity index (χ1n) is 10.2. The first-order valence-corrected chi connectivity index (χ1v) is 11.7. The van der Waals surface area contributed by atoms with Crippen LogP contribution in [0.25, 0.3) is 0 Å². The Balaban J connectivity index is 1.42. The van der Waals surface area contributed by atoms with Crippen LogP contribution < -0.4 is 14.4 Å². The van der Waals surface area contributed by atoms with E-state index in [1.807, 2.05) is 24.3 Å². The van der Waals surface area contributed by atoms with Crippen LogP contribution in [0, 0.1) is 12.7 Å². The first kappa shape index (κ1) is 21.8. The van der Waals surface area contributed by atoms with Gasteiger partial charge in [-0.25, -0.2) is 12.8 Å². The summed E-state index contributed by atoms with van der Waals surface area (Å²) >= 11 is 0. The van der Waals surface area contributed by atoms with E-state index in [2.05, 4.69) is 5.32 Å². The van der Waals surface area contributed by atoms with Crippen molar-refractivity contribution in [2.45, 2.75) is 24.7 Å². The number of aryl methyl sites for hydroxylation is 2. The summed E-state index contributed by atoms with van der Waals surface area (Å²) < 4.78 is 46.6. The third kappa shape index (κ3) is 4.60. The SMILES string of the molecule is Cc1ccc(F)cc1NC(=O)COc1ccc(S(=O)(=O)N2CCCc3ccccc32)cc1. The summed E-state index contributed by atoms with van der Waals surface area (Å²) in [4.78, 5) is 12.3. The number of sulfonamides is 1. The normalized spacial score (nSPS) is 13.4. The fourth-order valence-electron chi connectivity index (χ4n) is 3.65. The lowest BCUT2D eigenvalue weighted by Gasteiger charge is -2.30. The third-order valence-electron chi connectivity index (χ3n) is 5.32. The van der Waals surface area contributed by atoms with Gasteiger partial charge in [-0.3, -0.25) is 9.10 Å². The number of amides is 1. The highest BCUT2D eigenvalue weighted by Crippen LogP contribution is 2.32. The molecule has 0 bridgehead atoms. The van der Waals surface area contributed by atoms with E-state index in [1.54, 1.807) is 13.0 Å². The smallest absolute Gasteiger partial charge is 0.264 e. The molecular weight excluding hydrogens is 431 g/mol. The number of anilines is 2. The first-order chi connectivity index (χ1) is 15.3. The number of nitrogens with one attached hydrogen (secondary N) is 1. The summed E-state index contributed by atoms with van der Waals surface area (Å²) in [5, 5.41) is 2.60. The van der Waals surface area contributed by atoms with Crippen LogP contribution in [0.15, 0.2) is 71.6 Å². The van der Waals surface area contributed by atoms with Gasteiger partial charge in [0.15, 0.2) is 6.61 Å². The second-order valence-corrected chi connectivity index (χ2v) is 9.44. The molecule has 166 valence electrons. The van der Waals surface area contributed by atoms with E-state index in [0.717, 1.165) is 24.0 Å². The molecule has 4 rings (SSSR count). The summed E-state index contributed by atoms with van der Waals surface area (Å²) in [5.74, 6) is -0.533. The number of benzene rings is 3. The number of hydrogen-bond acceptors (Lipinski definition) is 4. The predicted octanol–water partition coefficient (Wildman–Crippen LogP) is 4.29. The third-order valence-corrected chi connectivity index (χ3v) is 7.15. The van der Waals surface area contributed by atoms with E-state index in [0.29, 0.717) is 23.7 Å². The van der Waals surface area contributed by atoms with Crippen molar-refractivity contribution in [1.29, 1.82) is 0 Å². The van der Waals surface area contributed by atoms with Gasteiger partial charge in [0.1, 0.15) is 11.6 Å². The van der Waals surface area contributed by atoms with Crippen LogP contribution in [0.5, 0.6) is 5.75 Å². The Morgan fingerprint density at radius 1 is 1.09 bits per heavy atom. The molecule has 0 aliphatic carbocycles. The van der Waals surface area contributed by atoms with Gasteiger partial charge in [0.25, 0.3) is 15.9 Å². The molecule has 1 amide bonds. The van der Waals surface area contributed by atoms with Crippen molar-refractivity contribution in [2.75, 3.05) is 22.8 Å². The molecule has 0 atom stereocenters. The van der Waals surface area contributed by atoms with Crippen LogP contribution in [-0.4, -0.2) is 27.5 Å². The number of hydrogen-bond donors (Lipinski definition) is 1. The summed E-state index contributed by atoms with van der Waals surface area (Å²) in [5.41, 5.74) is 2.83. The van der Waals surface area contributed by atoms with Gasteiger partial charge in [0.05, 0.1) is 10.6 Å². The monoisotopic (exact) mass is 454 g/mol. The maximum Gasteiger partial charge on any atom is 0.264 e. The van der Waals surface area contributed by atoms with Gasteiger partial charge in [-0.15, -0.1) is 0 Å². The van der Waals surface area contributed by atoms with E-state index in [1.165, 1.54) is 40.7 Å². The van der Waals surface area contributed by atoms with Gasteiger partial charge in [0.2, 0.25) is 0 Å². The average Bonchev–Trinajstić information content (AvgIpc) is 2.80. The van der Waals surface area contributed by atoms with Gasteiger partial charge in [-0.1, -0.05) is 24.3 Å². The summed E-state index contributed by atoms with van der Waals surface area (Å²) in [6.07, 6.45) is 1.61. The van der Waals surface area contributed by atoms with Crippen molar-refractivity contribution in [2.24, 2.45) is 0 Å². The highest BCUT2D eigenvalue weighted by atomic mass is 32.2. The fourth-order valence-corrected chi connectivity index (χ4v) is 5.19. The highest BCUT2D eigenvalue weighted by molar-refractivity contribution is 7.92. The van der Waals surface area contributed by atoms with Crippen LogP contribution in [-0.2, 0) is 21.2 Å². The van der Waals surface area contributed by atoms with Crippen LogP contribution >= 0.6 is 0 Å². The number of fused-ring (bicyclic) bond motifs is 1. The Morgan fingerprint density at radius 3 is 2.62 bits per heavy atom. The molecule has 8 heteroatoms. The molecule has 0 saturated heterocycles. The Hall–Kier alpha value is -3.39. The van der Waals surface area contributed by atoms with Gasteiger partial charge in [0, 0.05) is 12.2 Å². The van der Waals surface area contributed by atoms with E-state index in [9.17, 15) is 17.6 Å². The molecule has 0 spiro atoms. The number of halogens is 1. The maximum absolute atomic E-state index is 13.4. The van der Waals surface area contributed by atoms with Crippen molar-refractivity contribution in [3.63, 3.8) is 0 Å². The van der Waals surface area contributed by atoms with Crippen molar-refractivity contribution >= 4 is 27.3 Å². The van der Waals surface area contributed by atoms with Gasteiger partial charge >= 0.3 is 0 Å². The molecule has 0 fully saturated rings. The molecule has 6 nitrogen and oxygen atoms in total. The number of rotatable bonds is 6. The lowest BCUT2D eigenvalue weighted by molar-refractivity contribution is -0.118. The molecule has 32 heavy (non-hydrogen) atoms. The number of ether oxygens (including phenoxy) is 1. The standard InChI is InChI=1S/C24H23FN2O4S/c1-17-8-9-19(25)15-22(17)26-24(28)16-31-20-10-12-21(13-11-20)32(29,30)27-14-4-6-18-5-2-3-7-23(18)27/h2-3,5,7-13,15H,4,6,14,16H2,1H3,(H,26,28). The van der Waals surface area contributed by atoms with E-state index in [-0.39, 0.29) is 11.5 Å². The zero-order valence-corrected chi connectivity index (χ0v) is 18.4. The van der Waals surface area contributed by atoms with Crippen LogP contribution in [0.3, 0.4) is 0 Å². The molecular formula is C24H23FN2O4S. The molecule has 1 N–H and O–H groups in total. The lowest BCUT2D eigenvalue weighted by Crippen LogP contribution is -2.35. The Kier molecular flexibility index (Phi) is 6.14.